The minimum Gasteiger partial charge on any atom is -0.327 e. The zero-order valence-corrected chi connectivity index (χ0v) is 8.28. The highest BCUT2D eigenvalue weighted by Gasteiger charge is 2.28. The molecule has 0 aliphatic carbocycles. The summed E-state index contributed by atoms with van der Waals surface area (Å²) in [5, 5.41) is 3.33. The molecular formula is C9H22N2. The monoisotopic (exact) mass is 158 g/mol. The summed E-state index contributed by atoms with van der Waals surface area (Å²) in [4.78, 5) is 0. The zero-order chi connectivity index (χ0) is 8.91. The fraction of sp³-hybridized carbons (Fsp3) is 1.00. The van der Waals surface area contributed by atoms with E-state index in [4.69, 9.17) is 5.73 Å². The highest BCUT2D eigenvalue weighted by molar-refractivity contribution is 4.87. The Bertz CT molecular complexity index is 99.7. The second-order valence-electron chi connectivity index (χ2n) is 3.56. The Kier molecular flexibility index (Phi) is 4.69. The molecule has 2 nitrogen and oxygen atoms in total. The summed E-state index contributed by atoms with van der Waals surface area (Å²) in [5.74, 6) is 0. The Labute approximate surface area is 70.5 Å². The third kappa shape index (κ3) is 3.21. The maximum absolute atomic E-state index is 5.87. The molecule has 0 spiro atoms. The average molecular weight is 158 g/mol. The van der Waals surface area contributed by atoms with E-state index in [0.29, 0.717) is 11.5 Å². The highest BCUT2D eigenvalue weighted by Crippen LogP contribution is 2.22. The molecule has 1 rings (SSSR count). The normalized spacial score (nSPS) is 28.6. The van der Waals surface area contributed by atoms with Crippen molar-refractivity contribution in [3.63, 3.8) is 0 Å². The van der Waals surface area contributed by atoms with Crippen molar-refractivity contribution in [3.05, 3.63) is 0 Å². The summed E-state index contributed by atoms with van der Waals surface area (Å²) < 4.78 is 0. The van der Waals surface area contributed by atoms with Gasteiger partial charge in [0.15, 0.2) is 0 Å². The van der Waals surface area contributed by atoms with E-state index in [1.54, 1.807) is 0 Å². The Morgan fingerprint density at radius 2 is 1.91 bits per heavy atom. The van der Waals surface area contributed by atoms with Gasteiger partial charge in [0, 0.05) is 12.6 Å². The highest BCUT2D eigenvalue weighted by atomic mass is 14.9. The van der Waals surface area contributed by atoms with E-state index in [1.165, 1.54) is 0 Å². The van der Waals surface area contributed by atoms with Crippen LogP contribution in [0.3, 0.4) is 0 Å². The lowest BCUT2D eigenvalue weighted by atomic mass is 9.81. The number of hydrogen-bond acceptors (Lipinski definition) is 2. The van der Waals surface area contributed by atoms with Crippen LogP contribution >= 0.6 is 0 Å². The van der Waals surface area contributed by atoms with Crippen LogP contribution in [-0.2, 0) is 0 Å². The molecule has 68 valence electrons. The van der Waals surface area contributed by atoms with Crippen molar-refractivity contribution in [3.8, 4) is 0 Å². The topological polar surface area (TPSA) is 38.0 Å². The summed E-state index contributed by atoms with van der Waals surface area (Å²) in [7, 11) is 0. The lowest BCUT2D eigenvalue weighted by Crippen LogP contribution is -2.50. The second kappa shape index (κ2) is 4.73. The molecule has 0 aromatic rings. The first-order chi connectivity index (χ1) is 5.13. The van der Waals surface area contributed by atoms with E-state index < -0.39 is 0 Å². The first-order valence-corrected chi connectivity index (χ1v) is 4.59. The molecule has 1 aliphatic rings. The van der Waals surface area contributed by atoms with Crippen LogP contribution in [0.5, 0.6) is 0 Å². The molecule has 1 aliphatic heterocycles. The molecular weight excluding hydrogens is 136 g/mol. The molecule has 1 unspecified atom stereocenters. The molecule has 1 atom stereocenters. The quantitative estimate of drug-likeness (QED) is 0.558. The molecule has 2 heteroatoms. The maximum Gasteiger partial charge on any atom is 0.0114 e. The lowest BCUT2D eigenvalue weighted by Gasteiger charge is -2.36. The van der Waals surface area contributed by atoms with E-state index in [9.17, 15) is 0 Å². The van der Waals surface area contributed by atoms with Crippen LogP contribution in [0, 0.1) is 5.41 Å². The third-order valence-corrected chi connectivity index (χ3v) is 2.22. The third-order valence-electron chi connectivity index (χ3n) is 2.22. The van der Waals surface area contributed by atoms with E-state index in [2.05, 4.69) is 19.2 Å². The van der Waals surface area contributed by atoms with E-state index >= 15 is 0 Å². The molecule has 0 saturated carbocycles. The summed E-state index contributed by atoms with van der Waals surface area (Å²) in [6.07, 6.45) is 1.12. The van der Waals surface area contributed by atoms with Gasteiger partial charge in [0.1, 0.15) is 0 Å². The van der Waals surface area contributed by atoms with Crippen molar-refractivity contribution in [2.75, 3.05) is 13.1 Å². The van der Waals surface area contributed by atoms with Gasteiger partial charge in [0.25, 0.3) is 0 Å². The van der Waals surface area contributed by atoms with Crippen molar-refractivity contribution >= 4 is 0 Å². The second-order valence-corrected chi connectivity index (χ2v) is 3.56. The Hall–Kier alpha value is -0.0800. The lowest BCUT2D eigenvalue weighted by molar-refractivity contribution is 0.221. The zero-order valence-electron chi connectivity index (χ0n) is 8.28. The summed E-state index contributed by atoms with van der Waals surface area (Å²) >= 11 is 0. The van der Waals surface area contributed by atoms with Gasteiger partial charge >= 0.3 is 0 Å². The van der Waals surface area contributed by atoms with Crippen LogP contribution < -0.4 is 11.1 Å². The molecule has 3 N–H and O–H groups in total. The molecule has 0 bridgehead atoms. The number of piperidine rings is 1. The van der Waals surface area contributed by atoms with Crippen LogP contribution in [-0.4, -0.2) is 19.1 Å². The maximum atomic E-state index is 5.87. The largest absolute Gasteiger partial charge is 0.327 e. The first-order valence-electron chi connectivity index (χ1n) is 4.59. The predicted molar refractivity (Wildman–Crippen MR) is 50.6 cm³/mol. The predicted octanol–water partition coefficient (Wildman–Crippen LogP) is 1.36. The van der Waals surface area contributed by atoms with Gasteiger partial charge in [-0.1, -0.05) is 27.7 Å². The fourth-order valence-electron chi connectivity index (χ4n) is 1.19. The summed E-state index contributed by atoms with van der Waals surface area (Å²) in [5.41, 5.74) is 6.18. The number of nitrogens with one attached hydrogen (secondary N) is 1. The molecule has 0 radical (unpaired) electrons. The minimum atomic E-state index is 0.304. The van der Waals surface area contributed by atoms with Crippen molar-refractivity contribution < 1.29 is 0 Å². The van der Waals surface area contributed by atoms with Gasteiger partial charge in [-0.2, -0.15) is 0 Å². The Balaban J connectivity index is 0.000000461. The van der Waals surface area contributed by atoms with Crippen LogP contribution in [0.1, 0.15) is 34.1 Å². The van der Waals surface area contributed by atoms with Gasteiger partial charge in [-0.15, -0.1) is 0 Å². The summed E-state index contributed by atoms with van der Waals surface area (Å²) in [6, 6.07) is 0.388. The number of rotatable bonds is 0. The van der Waals surface area contributed by atoms with Crippen LogP contribution in [0.2, 0.25) is 0 Å². The van der Waals surface area contributed by atoms with Crippen LogP contribution in [0.4, 0.5) is 0 Å². The molecule has 1 fully saturated rings. The van der Waals surface area contributed by atoms with E-state index in [0.717, 1.165) is 19.5 Å². The Morgan fingerprint density at radius 1 is 1.36 bits per heavy atom. The number of hydrogen-bond donors (Lipinski definition) is 2. The van der Waals surface area contributed by atoms with Crippen molar-refractivity contribution in [1.82, 2.24) is 5.32 Å². The van der Waals surface area contributed by atoms with Crippen molar-refractivity contribution in [2.45, 2.75) is 40.2 Å². The smallest absolute Gasteiger partial charge is 0.0114 e. The SMILES string of the molecule is CC.CC1(C)CNCCC1N. The molecule has 0 aromatic heterocycles. The van der Waals surface area contributed by atoms with Gasteiger partial charge in [-0.05, 0) is 18.4 Å². The van der Waals surface area contributed by atoms with Gasteiger partial charge in [-0.25, -0.2) is 0 Å². The molecule has 11 heavy (non-hydrogen) atoms. The molecule has 1 heterocycles. The average Bonchev–Trinajstić information content (AvgIpc) is 2.00. The standard InChI is InChI=1S/C7H16N2.C2H6/c1-7(2)5-9-4-3-6(7)8;1-2/h6,9H,3-5,8H2,1-2H3;1-2H3. The van der Waals surface area contributed by atoms with Crippen LogP contribution in [0.15, 0.2) is 0 Å². The number of nitrogens with two attached hydrogens (primary N) is 1. The van der Waals surface area contributed by atoms with Crippen molar-refractivity contribution in [1.29, 1.82) is 0 Å². The minimum absolute atomic E-state index is 0.304. The van der Waals surface area contributed by atoms with Crippen LogP contribution in [0.25, 0.3) is 0 Å². The van der Waals surface area contributed by atoms with Gasteiger partial charge < -0.3 is 11.1 Å². The Morgan fingerprint density at radius 3 is 2.18 bits per heavy atom. The molecule has 0 aromatic carbocycles. The van der Waals surface area contributed by atoms with Crippen molar-refractivity contribution in [2.24, 2.45) is 11.1 Å². The molecule has 1 saturated heterocycles. The fourth-order valence-corrected chi connectivity index (χ4v) is 1.19. The van der Waals surface area contributed by atoms with Gasteiger partial charge in [-0.3, -0.25) is 0 Å². The van der Waals surface area contributed by atoms with Gasteiger partial charge in [0.05, 0.1) is 0 Å². The van der Waals surface area contributed by atoms with E-state index in [-0.39, 0.29) is 0 Å². The summed E-state index contributed by atoms with van der Waals surface area (Å²) in [6.45, 7) is 10.6. The molecule has 0 amide bonds. The van der Waals surface area contributed by atoms with E-state index in [1.807, 2.05) is 13.8 Å². The first kappa shape index (κ1) is 10.9. The van der Waals surface area contributed by atoms with Gasteiger partial charge in [0.2, 0.25) is 0 Å².